The topological polar surface area (TPSA) is 12.0 Å². The van der Waals surface area contributed by atoms with Gasteiger partial charge < -0.3 is 5.32 Å². The first kappa shape index (κ1) is 15.4. The van der Waals surface area contributed by atoms with Gasteiger partial charge in [-0.05, 0) is 70.9 Å². The van der Waals surface area contributed by atoms with Crippen LogP contribution >= 0.6 is 22.6 Å². The molecule has 0 spiro atoms. The number of likely N-dealkylation sites (N-methyl/N-ethyl adjacent to an activating group) is 1. The Hall–Kier alpha value is -1.01. The lowest BCUT2D eigenvalue weighted by atomic mass is 9.98. The van der Waals surface area contributed by atoms with E-state index in [0.29, 0.717) is 6.42 Å². The minimum atomic E-state index is -0.237. The Labute approximate surface area is 131 Å². The number of halogens is 3. The molecular formula is C16H16F2IN. The Bertz CT molecular complexity index is 586. The second-order valence-electron chi connectivity index (χ2n) is 4.61. The molecule has 1 unspecified atom stereocenters. The van der Waals surface area contributed by atoms with E-state index in [-0.39, 0.29) is 17.7 Å². The van der Waals surface area contributed by atoms with Gasteiger partial charge >= 0.3 is 0 Å². The van der Waals surface area contributed by atoms with E-state index in [4.69, 9.17) is 0 Å². The van der Waals surface area contributed by atoms with Crippen LogP contribution in [-0.2, 0) is 6.42 Å². The molecule has 20 heavy (non-hydrogen) atoms. The summed E-state index contributed by atoms with van der Waals surface area (Å²) in [5, 5.41) is 3.38. The molecule has 2 aromatic rings. The summed E-state index contributed by atoms with van der Waals surface area (Å²) in [5.74, 6) is -0.467. The number of hydrogen-bond donors (Lipinski definition) is 1. The predicted octanol–water partition coefficient (Wildman–Crippen LogP) is 4.46. The van der Waals surface area contributed by atoms with Gasteiger partial charge in [-0.1, -0.05) is 25.1 Å². The van der Waals surface area contributed by atoms with E-state index in [9.17, 15) is 8.78 Å². The molecule has 1 nitrogen and oxygen atoms in total. The number of hydrogen-bond acceptors (Lipinski definition) is 1. The van der Waals surface area contributed by atoms with Crippen molar-refractivity contribution in [3.63, 3.8) is 0 Å². The van der Waals surface area contributed by atoms with Gasteiger partial charge in [-0.3, -0.25) is 0 Å². The van der Waals surface area contributed by atoms with Crippen LogP contribution in [0.3, 0.4) is 0 Å². The first-order chi connectivity index (χ1) is 9.60. The highest BCUT2D eigenvalue weighted by molar-refractivity contribution is 14.1. The normalized spacial score (nSPS) is 12.4. The third-order valence-electron chi connectivity index (χ3n) is 3.12. The molecule has 0 aliphatic heterocycles. The van der Waals surface area contributed by atoms with Gasteiger partial charge in [-0.25, -0.2) is 8.78 Å². The Morgan fingerprint density at radius 1 is 1.10 bits per heavy atom. The molecule has 0 aromatic heterocycles. The summed E-state index contributed by atoms with van der Waals surface area (Å²) in [6.07, 6.45) is 0.674. The van der Waals surface area contributed by atoms with Crippen LogP contribution in [0.5, 0.6) is 0 Å². The summed E-state index contributed by atoms with van der Waals surface area (Å²) in [5.41, 5.74) is 1.97. The molecule has 0 bridgehead atoms. The second kappa shape index (κ2) is 7.13. The fourth-order valence-corrected chi connectivity index (χ4v) is 3.08. The van der Waals surface area contributed by atoms with Gasteiger partial charge in [0.25, 0.3) is 0 Å². The summed E-state index contributed by atoms with van der Waals surface area (Å²) >= 11 is 2.14. The fourth-order valence-electron chi connectivity index (χ4n) is 2.22. The third kappa shape index (κ3) is 3.99. The molecule has 0 saturated heterocycles. The van der Waals surface area contributed by atoms with Gasteiger partial charge in [0.2, 0.25) is 0 Å². The van der Waals surface area contributed by atoms with Gasteiger partial charge in [0.15, 0.2) is 0 Å². The zero-order valence-corrected chi connectivity index (χ0v) is 13.3. The van der Waals surface area contributed by atoms with Gasteiger partial charge in [-0.2, -0.15) is 0 Å². The van der Waals surface area contributed by atoms with Crippen molar-refractivity contribution in [2.24, 2.45) is 0 Å². The Morgan fingerprint density at radius 2 is 1.85 bits per heavy atom. The molecule has 4 heteroatoms. The molecular weight excluding hydrogens is 371 g/mol. The van der Waals surface area contributed by atoms with Crippen molar-refractivity contribution in [3.8, 4) is 0 Å². The Morgan fingerprint density at radius 3 is 2.50 bits per heavy atom. The third-order valence-corrected chi connectivity index (χ3v) is 4.05. The largest absolute Gasteiger partial charge is 0.310 e. The van der Waals surface area contributed by atoms with Crippen molar-refractivity contribution in [2.75, 3.05) is 6.54 Å². The molecule has 0 heterocycles. The van der Waals surface area contributed by atoms with E-state index in [1.807, 2.05) is 13.0 Å². The lowest BCUT2D eigenvalue weighted by Crippen LogP contribution is -2.24. The zero-order chi connectivity index (χ0) is 14.5. The SMILES string of the molecule is CCNC(Cc1cccc(F)c1)c1ccc(F)cc1I. The average Bonchev–Trinajstić information content (AvgIpc) is 2.38. The van der Waals surface area contributed by atoms with Crippen molar-refractivity contribution >= 4 is 22.6 Å². The smallest absolute Gasteiger partial charge is 0.124 e. The van der Waals surface area contributed by atoms with Crippen LogP contribution in [0.15, 0.2) is 42.5 Å². The van der Waals surface area contributed by atoms with Crippen LogP contribution in [-0.4, -0.2) is 6.54 Å². The maximum atomic E-state index is 13.3. The molecule has 2 aromatic carbocycles. The highest BCUT2D eigenvalue weighted by Gasteiger charge is 2.15. The summed E-state index contributed by atoms with van der Waals surface area (Å²) in [4.78, 5) is 0. The molecule has 0 aliphatic carbocycles. The van der Waals surface area contributed by atoms with Crippen LogP contribution in [0.25, 0.3) is 0 Å². The number of rotatable bonds is 5. The van der Waals surface area contributed by atoms with Crippen LogP contribution < -0.4 is 5.32 Å². The molecule has 0 fully saturated rings. The molecule has 1 N–H and O–H groups in total. The van der Waals surface area contributed by atoms with Gasteiger partial charge in [0.1, 0.15) is 11.6 Å². The summed E-state index contributed by atoms with van der Waals surface area (Å²) < 4.78 is 27.3. The predicted molar refractivity (Wildman–Crippen MR) is 85.6 cm³/mol. The quantitative estimate of drug-likeness (QED) is 0.747. The lowest BCUT2D eigenvalue weighted by Gasteiger charge is -2.20. The molecule has 0 amide bonds. The molecule has 1 atom stereocenters. The molecule has 2 rings (SSSR count). The van der Waals surface area contributed by atoms with Gasteiger partial charge in [0.05, 0.1) is 0 Å². The van der Waals surface area contributed by atoms with Crippen LogP contribution in [0, 0.1) is 15.2 Å². The molecule has 106 valence electrons. The first-order valence-electron chi connectivity index (χ1n) is 6.53. The van der Waals surface area contributed by atoms with Crippen molar-refractivity contribution in [3.05, 3.63) is 68.8 Å². The van der Waals surface area contributed by atoms with Crippen LogP contribution in [0.1, 0.15) is 24.1 Å². The monoisotopic (exact) mass is 387 g/mol. The summed E-state index contributed by atoms with van der Waals surface area (Å²) in [7, 11) is 0. The van der Waals surface area contributed by atoms with Crippen molar-refractivity contribution in [2.45, 2.75) is 19.4 Å². The minimum Gasteiger partial charge on any atom is -0.310 e. The fraction of sp³-hybridized carbons (Fsp3) is 0.250. The van der Waals surface area contributed by atoms with Crippen molar-refractivity contribution in [1.82, 2.24) is 5.32 Å². The minimum absolute atomic E-state index is 0.0503. The highest BCUT2D eigenvalue weighted by atomic mass is 127. The van der Waals surface area contributed by atoms with E-state index in [0.717, 1.165) is 21.2 Å². The Kier molecular flexibility index (Phi) is 5.48. The standard InChI is InChI=1S/C16H16F2IN/c1-2-20-16(9-11-4-3-5-12(17)8-11)14-7-6-13(18)10-15(14)19/h3-8,10,16,20H,2,9H2,1H3. The summed E-state index contributed by atoms with van der Waals surface area (Å²) in [6.45, 7) is 2.82. The van der Waals surface area contributed by atoms with E-state index >= 15 is 0 Å². The lowest BCUT2D eigenvalue weighted by molar-refractivity contribution is 0.542. The second-order valence-corrected chi connectivity index (χ2v) is 5.77. The maximum absolute atomic E-state index is 13.3. The van der Waals surface area contributed by atoms with E-state index in [2.05, 4.69) is 27.9 Å². The van der Waals surface area contributed by atoms with Crippen LogP contribution in [0.4, 0.5) is 8.78 Å². The number of nitrogens with one attached hydrogen (secondary N) is 1. The highest BCUT2D eigenvalue weighted by Crippen LogP contribution is 2.24. The molecule has 0 aliphatic rings. The van der Waals surface area contributed by atoms with Crippen molar-refractivity contribution < 1.29 is 8.78 Å². The van der Waals surface area contributed by atoms with Gasteiger partial charge in [0, 0.05) is 9.61 Å². The molecule has 0 radical (unpaired) electrons. The first-order valence-corrected chi connectivity index (χ1v) is 7.60. The number of benzene rings is 2. The summed E-state index contributed by atoms with van der Waals surface area (Å²) in [6, 6.07) is 11.4. The van der Waals surface area contributed by atoms with Gasteiger partial charge in [-0.15, -0.1) is 0 Å². The maximum Gasteiger partial charge on any atom is 0.124 e. The van der Waals surface area contributed by atoms with E-state index in [1.54, 1.807) is 18.2 Å². The zero-order valence-electron chi connectivity index (χ0n) is 11.2. The van der Waals surface area contributed by atoms with E-state index < -0.39 is 0 Å². The average molecular weight is 387 g/mol. The van der Waals surface area contributed by atoms with E-state index in [1.165, 1.54) is 18.2 Å². The van der Waals surface area contributed by atoms with Crippen molar-refractivity contribution in [1.29, 1.82) is 0 Å². The van der Waals surface area contributed by atoms with Crippen LogP contribution in [0.2, 0.25) is 0 Å². The Balaban J connectivity index is 2.26. The molecule has 0 saturated carbocycles.